The summed E-state index contributed by atoms with van der Waals surface area (Å²) in [4.78, 5) is 24.6. The van der Waals surface area contributed by atoms with Crippen molar-refractivity contribution in [3.63, 3.8) is 0 Å². The minimum atomic E-state index is -1.04. The van der Waals surface area contributed by atoms with Crippen molar-refractivity contribution in [1.82, 2.24) is 9.69 Å². The van der Waals surface area contributed by atoms with E-state index in [1.54, 1.807) is 14.0 Å². The van der Waals surface area contributed by atoms with Crippen molar-refractivity contribution in [2.45, 2.75) is 13.3 Å². The average molecular weight is 269 g/mol. The van der Waals surface area contributed by atoms with E-state index in [1.807, 2.05) is 0 Å². The first-order valence-electron chi connectivity index (χ1n) is 5.67. The van der Waals surface area contributed by atoms with Crippen LogP contribution < -0.4 is 10.2 Å². The smallest absolute Gasteiger partial charge is 0.340 e. The molecule has 1 fully saturated rings. The summed E-state index contributed by atoms with van der Waals surface area (Å²) in [7, 11) is 1.60. The van der Waals surface area contributed by atoms with Crippen LogP contribution in [0.3, 0.4) is 0 Å². The second-order valence-corrected chi connectivity index (χ2v) is 5.19. The molecule has 0 aromatic carbocycles. The Balaban J connectivity index is 2.14. The van der Waals surface area contributed by atoms with Crippen molar-refractivity contribution in [1.29, 1.82) is 0 Å². The van der Waals surface area contributed by atoms with Gasteiger partial charge in [0.2, 0.25) is 5.91 Å². The van der Waals surface area contributed by atoms with Gasteiger partial charge in [0.1, 0.15) is 10.6 Å². The quantitative estimate of drug-likeness (QED) is 0.841. The number of hydrogen-bond acceptors (Lipinski definition) is 5. The number of hydrogen-bond donors (Lipinski definition) is 2. The summed E-state index contributed by atoms with van der Waals surface area (Å²) in [5.41, 5.74) is 0.579. The Kier molecular flexibility index (Phi) is 3.63. The van der Waals surface area contributed by atoms with Crippen LogP contribution in [0.4, 0.5) is 5.00 Å². The summed E-state index contributed by atoms with van der Waals surface area (Å²) < 4.78 is 4.01. The number of aryl methyl sites for hydroxylation is 1. The molecule has 0 unspecified atom stereocenters. The van der Waals surface area contributed by atoms with Gasteiger partial charge in [0, 0.05) is 13.5 Å². The Labute approximate surface area is 109 Å². The van der Waals surface area contributed by atoms with Gasteiger partial charge in [0.05, 0.1) is 5.69 Å². The molecule has 98 valence electrons. The molecule has 0 saturated carbocycles. The third-order valence-electron chi connectivity index (χ3n) is 3.07. The molecule has 1 aromatic heterocycles. The summed E-state index contributed by atoms with van der Waals surface area (Å²) in [5.74, 6) is -0.740. The molecule has 0 atom stereocenters. The molecule has 1 aromatic rings. The summed E-state index contributed by atoms with van der Waals surface area (Å²) in [6.07, 6.45) is 0.444. The number of aromatic carboxylic acids is 1. The standard InChI is InChI=1S/C11H15N3O3S/c1-6-9(11(16)17)10(18-13-6)14(2)8(15)3-7-4-12-5-7/h7,12H,3-5H2,1-2H3,(H,16,17). The lowest BCUT2D eigenvalue weighted by Gasteiger charge is -2.28. The van der Waals surface area contributed by atoms with Crippen molar-refractivity contribution < 1.29 is 14.7 Å². The first-order valence-corrected chi connectivity index (χ1v) is 6.45. The number of nitrogens with one attached hydrogen (secondary N) is 1. The predicted molar refractivity (Wildman–Crippen MR) is 68.2 cm³/mol. The zero-order chi connectivity index (χ0) is 13.3. The number of amides is 1. The number of carboxylic acids is 1. The molecule has 2 rings (SSSR count). The van der Waals surface area contributed by atoms with Gasteiger partial charge in [-0.2, -0.15) is 4.37 Å². The van der Waals surface area contributed by atoms with Gasteiger partial charge in [-0.3, -0.25) is 4.79 Å². The van der Waals surface area contributed by atoms with E-state index in [2.05, 4.69) is 9.69 Å². The van der Waals surface area contributed by atoms with Crippen LogP contribution in [0.2, 0.25) is 0 Å². The summed E-state index contributed by atoms with van der Waals surface area (Å²) in [5, 5.41) is 12.6. The SMILES string of the molecule is Cc1nsc(N(C)C(=O)CC2CNC2)c1C(=O)O. The number of anilines is 1. The third-order valence-corrected chi connectivity index (χ3v) is 4.08. The van der Waals surface area contributed by atoms with Crippen LogP contribution >= 0.6 is 11.5 Å². The Morgan fingerprint density at radius 1 is 1.56 bits per heavy atom. The number of aromatic nitrogens is 1. The molecule has 1 amide bonds. The van der Waals surface area contributed by atoms with Crippen LogP contribution in [0.25, 0.3) is 0 Å². The highest BCUT2D eigenvalue weighted by Crippen LogP contribution is 2.28. The van der Waals surface area contributed by atoms with Gasteiger partial charge in [0.15, 0.2) is 0 Å². The topological polar surface area (TPSA) is 82.5 Å². The lowest BCUT2D eigenvalue weighted by Crippen LogP contribution is -2.44. The first kappa shape index (κ1) is 13.0. The fourth-order valence-electron chi connectivity index (χ4n) is 1.82. The van der Waals surface area contributed by atoms with Crippen LogP contribution in [0.5, 0.6) is 0 Å². The molecule has 1 saturated heterocycles. The predicted octanol–water partition coefficient (Wildman–Crippen LogP) is 0.722. The maximum atomic E-state index is 12.0. The highest BCUT2D eigenvalue weighted by molar-refractivity contribution is 7.11. The highest BCUT2D eigenvalue weighted by Gasteiger charge is 2.27. The highest BCUT2D eigenvalue weighted by atomic mass is 32.1. The van der Waals surface area contributed by atoms with E-state index < -0.39 is 5.97 Å². The zero-order valence-electron chi connectivity index (χ0n) is 10.3. The lowest BCUT2D eigenvalue weighted by molar-refractivity contribution is -0.119. The van der Waals surface area contributed by atoms with Crippen LogP contribution in [0.15, 0.2) is 0 Å². The molecule has 1 aliphatic rings. The van der Waals surface area contributed by atoms with E-state index in [4.69, 9.17) is 5.11 Å². The maximum Gasteiger partial charge on any atom is 0.340 e. The summed E-state index contributed by atoms with van der Waals surface area (Å²) >= 11 is 1.05. The van der Waals surface area contributed by atoms with E-state index in [9.17, 15) is 9.59 Å². The number of nitrogens with zero attached hydrogens (tertiary/aromatic N) is 2. The van der Waals surface area contributed by atoms with Crippen LogP contribution in [-0.4, -0.2) is 41.5 Å². The number of carbonyl (C=O) groups is 2. The molecule has 2 N–H and O–H groups in total. The fourth-order valence-corrected chi connectivity index (χ4v) is 2.69. The molecular formula is C11H15N3O3S. The molecule has 0 radical (unpaired) electrons. The van der Waals surface area contributed by atoms with Crippen molar-refractivity contribution in [3.8, 4) is 0 Å². The van der Waals surface area contributed by atoms with Crippen molar-refractivity contribution in [2.75, 3.05) is 25.0 Å². The lowest BCUT2D eigenvalue weighted by atomic mass is 9.99. The van der Waals surface area contributed by atoms with Gasteiger partial charge in [-0.15, -0.1) is 0 Å². The molecule has 18 heavy (non-hydrogen) atoms. The van der Waals surface area contributed by atoms with Gasteiger partial charge in [0.25, 0.3) is 0 Å². The number of carbonyl (C=O) groups excluding carboxylic acids is 1. The zero-order valence-corrected chi connectivity index (χ0v) is 11.1. The molecular weight excluding hydrogens is 254 g/mol. The Bertz CT molecular complexity index is 482. The van der Waals surface area contributed by atoms with Gasteiger partial charge in [-0.05, 0) is 37.5 Å². The Hall–Kier alpha value is -1.47. The van der Waals surface area contributed by atoms with Crippen LogP contribution in [-0.2, 0) is 4.79 Å². The van der Waals surface area contributed by atoms with E-state index in [0.29, 0.717) is 23.0 Å². The molecule has 6 nitrogen and oxygen atoms in total. The molecule has 1 aliphatic heterocycles. The summed E-state index contributed by atoms with van der Waals surface area (Å²) in [6.45, 7) is 3.35. The molecule has 2 heterocycles. The van der Waals surface area contributed by atoms with E-state index in [0.717, 1.165) is 24.6 Å². The van der Waals surface area contributed by atoms with E-state index in [1.165, 1.54) is 4.90 Å². The van der Waals surface area contributed by atoms with Gasteiger partial charge in [-0.1, -0.05) is 0 Å². The summed E-state index contributed by atoms with van der Waals surface area (Å²) in [6, 6.07) is 0. The fraction of sp³-hybridized carbons (Fsp3) is 0.545. The Morgan fingerprint density at radius 3 is 2.72 bits per heavy atom. The normalized spacial score (nSPS) is 15.2. The van der Waals surface area contributed by atoms with Gasteiger partial charge in [-0.25, -0.2) is 4.79 Å². The molecule has 0 aliphatic carbocycles. The number of rotatable bonds is 4. The molecule has 0 bridgehead atoms. The minimum Gasteiger partial charge on any atom is -0.478 e. The largest absolute Gasteiger partial charge is 0.478 e. The Morgan fingerprint density at radius 2 is 2.22 bits per heavy atom. The second-order valence-electron chi connectivity index (χ2n) is 4.43. The van der Waals surface area contributed by atoms with Crippen LogP contribution in [0, 0.1) is 12.8 Å². The minimum absolute atomic E-state index is 0.0624. The van der Waals surface area contributed by atoms with Crippen LogP contribution in [0.1, 0.15) is 22.5 Å². The van der Waals surface area contributed by atoms with Crippen molar-refractivity contribution >= 4 is 28.4 Å². The molecule has 7 heteroatoms. The van der Waals surface area contributed by atoms with Crippen molar-refractivity contribution in [2.24, 2.45) is 5.92 Å². The average Bonchev–Trinajstić information content (AvgIpc) is 2.64. The molecule has 0 spiro atoms. The monoisotopic (exact) mass is 269 g/mol. The maximum absolute atomic E-state index is 12.0. The van der Waals surface area contributed by atoms with E-state index in [-0.39, 0.29) is 11.5 Å². The number of carboxylic acid groups (broad SMARTS) is 1. The van der Waals surface area contributed by atoms with E-state index >= 15 is 0 Å². The van der Waals surface area contributed by atoms with Crippen molar-refractivity contribution in [3.05, 3.63) is 11.3 Å². The third kappa shape index (κ3) is 2.37. The van der Waals surface area contributed by atoms with Gasteiger partial charge < -0.3 is 15.3 Å². The van der Waals surface area contributed by atoms with Gasteiger partial charge >= 0.3 is 5.97 Å². The first-order chi connectivity index (χ1) is 8.50. The second kappa shape index (κ2) is 5.03.